The van der Waals surface area contributed by atoms with Gasteiger partial charge >= 0.3 is 243 Å². The third-order valence-corrected chi connectivity index (χ3v) is 16.4. The van der Waals surface area contributed by atoms with E-state index in [2.05, 4.69) is 154 Å². The van der Waals surface area contributed by atoms with Crippen LogP contribution in [0.3, 0.4) is 0 Å². The van der Waals surface area contributed by atoms with E-state index in [0.29, 0.717) is 15.7 Å². The molecule has 41 heavy (non-hydrogen) atoms. The molecular weight excluding hydrogens is 621 g/mol. The monoisotopic (exact) mass is 655 g/mol. The minimum atomic E-state index is -2.62. The van der Waals surface area contributed by atoms with E-state index >= 15 is 0 Å². The Labute approximate surface area is 266 Å². The van der Waals surface area contributed by atoms with Gasteiger partial charge in [-0.25, -0.2) is 0 Å². The second-order valence-electron chi connectivity index (χ2n) is 11.2. The summed E-state index contributed by atoms with van der Waals surface area (Å²) in [5, 5.41) is 0. The molecule has 4 aromatic carbocycles. The molecule has 0 N–H and O–H groups in total. The van der Waals surface area contributed by atoms with Gasteiger partial charge in [0.1, 0.15) is 0 Å². The van der Waals surface area contributed by atoms with Crippen LogP contribution in [0.5, 0.6) is 0 Å². The van der Waals surface area contributed by atoms with Gasteiger partial charge in [0, 0.05) is 0 Å². The number of allylic oxidation sites excluding steroid dienone is 4. The normalized spacial score (nSPS) is 14.4. The van der Waals surface area contributed by atoms with Crippen LogP contribution in [0.2, 0.25) is 0 Å². The van der Waals surface area contributed by atoms with Crippen LogP contribution in [-0.4, -0.2) is 15.3 Å². The Morgan fingerprint density at radius 3 is 1.80 bits per heavy atom. The van der Waals surface area contributed by atoms with Crippen LogP contribution in [-0.2, 0) is 21.3 Å². The van der Waals surface area contributed by atoms with E-state index in [-0.39, 0.29) is 24.8 Å². The van der Waals surface area contributed by atoms with Gasteiger partial charge in [-0.3, -0.25) is 0 Å². The fourth-order valence-electron chi connectivity index (χ4n) is 6.68. The summed E-state index contributed by atoms with van der Waals surface area (Å²) in [7, 11) is 0. The molecule has 6 rings (SSSR count). The molecule has 1 atom stereocenters. The fraction of sp³-hybridized carbons (Fsp3) is 0.216. The van der Waals surface area contributed by atoms with Gasteiger partial charge < -0.3 is 24.8 Å². The van der Waals surface area contributed by atoms with Crippen molar-refractivity contribution < 1.29 is 46.1 Å². The first-order valence-corrected chi connectivity index (χ1v) is 18.1. The topological polar surface area (TPSA) is 3.24 Å². The minimum Gasteiger partial charge on any atom is -1.00 e. The van der Waals surface area contributed by atoms with Crippen molar-refractivity contribution in [1.29, 1.82) is 0 Å². The number of rotatable bonds is 7. The zero-order valence-electron chi connectivity index (χ0n) is 24.2. The summed E-state index contributed by atoms with van der Waals surface area (Å²) in [5.41, 5.74) is 10.0. The molecule has 208 valence electrons. The SMILES string of the molecule is CC(C)N(c1ccc2c(c1)[CH]([Zr+2]([C]1=CC=CC1)=[C](c1ccccc1)c1ccccc1)c1ccccc1-2)C(C)C.[Cl-].[Cl-]. The second kappa shape index (κ2) is 13.6. The van der Waals surface area contributed by atoms with Crippen LogP contribution >= 0.6 is 0 Å². The van der Waals surface area contributed by atoms with Gasteiger partial charge in [-0.15, -0.1) is 0 Å². The molecule has 0 aliphatic heterocycles. The largest absolute Gasteiger partial charge is 1.00 e. The van der Waals surface area contributed by atoms with Crippen molar-refractivity contribution in [2.24, 2.45) is 0 Å². The molecule has 4 aromatic rings. The van der Waals surface area contributed by atoms with Crippen molar-refractivity contribution in [2.75, 3.05) is 4.90 Å². The van der Waals surface area contributed by atoms with E-state index in [4.69, 9.17) is 0 Å². The Morgan fingerprint density at radius 2 is 1.24 bits per heavy atom. The standard InChI is InChI=1S/C19H22N.C13H10.C5H5.2ClH.Zr/c1-13(2)20(14(3)4)17-9-10-19-16(12-17)11-15-7-5-6-8-18(15)19;1-3-7-12(8-4-1)11-13-9-5-2-6-10-13;1-2-4-5-3-1;;;/h5-14H,1-4H3;1-10H;1-3H,4H2;2*1H;/q;;;;;+2/p-2. The zero-order valence-corrected chi connectivity index (χ0v) is 28.2. The van der Waals surface area contributed by atoms with Crippen LogP contribution in [0.1, 0.15) is 60.0 Å². The van der Waals surface area contributed by atoms with E-state index in [1.54, 1.807) is 6.49 Å². The zero-order chi connectivity index (χ0) is 26.9. The predicted octanol–water partition coefficient (Wildman–Crippen LogP) is 3.12. The first-order chi connectivity index (χ1) is 19.0. The Balaban J connectivity index is 0.00000194. The molecule has 1 unspecified atom stereocenters. The molecule has 0 amide bonds. The molecule has 0 radical (unpaired) electrons. The molecule has 1 nitrogen and oxygen atoms in total. The smallest absolute Gasteiger partial charge is 1.00 e. The molecule has 2 aliphatic rings. The maximum absolute atomic E-state index is 2.62. The molecule has 0 fully saturated rings. The maximum Gasteiger partial charge on any atom is -1.00 e. The molecular formula is C37H37Cl2NZr. The number of benzene rings is 4. The van der Waals surface area contributed by atoms with Gasteiger partial charge in [-0.1, -0.05) is 0 Å². The van der Waals surface area contributed by atoms with Crippen molar-refractivity contribution in [1.82, 2.24) is 0 Å². The molecule has 0 aromatic heterocycles. The van der Waals surface area contributed by atoms with Crippen molar-refractivity contribution in [3.63, 3.8) is 0 Å². The van der Waals surface area contributed by atoms with Gasteiger partial charge in [0.05, 0.1) is 0 Å². The Bertz CT molecular complexity index is 1540. The van der Waals surface area contributed by atoms with Crippen molar-refractivity contribution in [2.45, 2.75) is 49.8 Å². The van der Waals surface area contributed by atoms with E-state index < -0.39 is 21.3 Å². The molecule has 0 saturated heterocycles. The summed E-state index contributed by atoms with van der Waals surface area (Å²) >= 11 is -2.62. The quantitative estimate of drug-likeness (QED) is 0.296. The van der Waals surface area contributed by atoms with Gasteiger partial charge in [0.2, 0.25) is 0 Å². The third-order valence-electron chi connectivity index (χ3n) is 8.12. The minimum absolute atomic E-state index is 0. The maximum atomic E-state index is 2.57. The van der Waals surface area contributed by atoms with Crippen LogP contribution in [0.15, 0.2) is 125 Å². The summed E-state index contributed by atoms with van der Waals surface area (Å²) in [6, 6.07) is 39.9. The fourth-order valence-corrected chi connectivity index (χ4v) is 15.7. The van der Waals surface area contributed by atoms with Gasteiger partial charge in [0.15, 0.2) is 0 Å². The number of anilines is 1. The van der Waals surface area contributed by atoms with Crippen LogP contribution in [0.4, 0.5) is 5.69 Å². The molecule has 0 spiro atoms. The van der Waals surface area contributed by atoms with Gasteiger partial charge in [-0.2, -0.15) is 0 Å². The Hall–Kier alpha value is -2.51. The number of fused-ring (bicyclic) bond motifs is 3. The first-order valence-electron chi connectivity index (χ1n) is 14.3. The van der Waals surface area contributed by atoms with Crippen molar-refractivity contribution in [3.8, 4) is 11.1 Å². The number of nitrogens with zero attached hydrogens (tertiary/aromatic N) is 1. The van der Waals surface area contributed by atoms with E-state index in [1.807, 2.05) is 0 Å². The summed E-state index contributed by atoms with van der Waals surface area (Å²) in [5.74, 6) is 0. The summed E-state index contributed by atoms with van der Waals surface area (Å²) < 4.78 is 3.72. The average molecular weight is 658 g/mol. The van der Waals surface area contributed by atoms with Gasteiger partial charge in [0.25, 0.3) is 0 Å². The first kappa shape index (κ1) is 31.4. The van der Waals surface area contributed by atoms with Crippen molar-refractivity contribution in [3.05, 3.63) is 147 Å². The van der Waals surface area contributed by atoms with Crippen LogP contribution in [0, 0.1) is 0 Å². The molecule has 4 heteroatoms. The molecule has 0 heterocycles. The molecule has 0 bridgehead atoms. The summed E-state index contributed by atoms with van der Waals surface area (Å²) in [6.07, 6.45) is 8.19. The molecule has 2 aliphatic carbocycles. The Kier molecular flexibility index (Phi) is 10.5. The number of halogens is 2. The second-order valence-corrected chi connectivity index (χ2v) is 17.5. The number of hydrogen-bond acceptors (Lipinski definition) is 1. The van der Waals surface area contributed by atoms with E-state index in [1.165, 1.54) is 39.1 Å². The van der Waals surface area contributed by atoms with Crippen LogP contribution in [0.25, 0.3) is 11.1 Å². The van der Waals surface area contributed by atoms with Crippen LogP contribution < -0.4 is 29.7 Å². The van der Waals surface area contributed by atoms with Gasteiger partial charge in [-0.05, 0) is 0 Å². The van der Waals surface area contributed by atoms with Crippen molar-refractivity contribution >= 4 is 8.89 Å². The van der Waals surface area contributed by atoms with E-state index in [0.717, 1.165) is 6.42 Å². The average Bonchev–Trinajstić information content (AvgIpc) is 3.59. The predicted molar refractivity (Wildman–Crippen MR) is 164 cm³/mol. The number of hydrogen-bond donors (Lipinski definition) is 0. The van der Waals surface area contributed by atoms with E-state index in [9.17, 15) is 0 Å². The third kappa shape index (κ3) is 6.03. The molecule has 0 saturated carbocycles. The summed E-state index contributed by atoms with van der Waals surface area (Å²) in [4.78, 5) is 2.57. The summed E-state index contributed by atoms with van der Waals surface area (Å²) in [6.45, 7) is 9.25. The Morgan fingerprint density at radius 1 is 0.683 bits per heavy atom.